The molecule has 248 valence electrons. The van der Waals surface area contributed by atoms with Gasteiger partial charge in [-0.2, -0.15) is 18.6 Å². The first-order valence-electron chi connectivity index (χ1n) is 17.0. The number of aryl methyl sites for hydroxylation is 2. The first-order chi connectivity index (χ1) is 24.2. The van der Waals surface area contributed by atoms with Crippen molar-refractivity contribution in [2.24, 2.45) is 10.2 Å². The molecule has 6 aromatic carbocycles. The van der Waals surface area contributed by atoms with E-state index >= 15 is 0 Å². The molecular weight excluding hydrogens is 645 g/mol. The monoisotopic (exact) mass is 679 g/mol. The minimum atomic E-state index is -4.53. The van der Waals surface area contributed by atoms with Gasteiger partial charge in [0, 0.05) is 76.4 Å². The van der Waals surface area contributed by atoms with Gasteiger partial charge in [-0.15, -0.1) is 0 Å². The summed E-state index contributed by atoms with van der Waals surface area (Å²) >= 11 is 0. The zero-order valence-corrected chi connectivity index (χ0v) is 28.7. The van der Waals surface area contributed by atoms with Crippen LogP contribution in [-0.2, 0) is 23.0 Å². The van der Waals surface area contributed by atoms with E-state index in [0.717, 1.165) is 77.1 Å². The summed E-state index contributed by atoms with van der Waals surface area (Å²) in [6.45, 7) is 2.17. The molecule has 0 bridgehead atoms. The SMILES string of the molecule is CN(C)c1ccc(N=Nc2ccc3c4c(ccc3c2)C(c2ccccc2S(=O)(=O)O)=c2ccc3c5c6c(cc3c2O4)CCC[N+]=6CCC5)cc1. The second kappa shape index (κ2) is 11.6. The Morgan fingerprint density at radius 3 is 2.28 bits per heavy atom. The minimum absolute atomic E-state index is 0.139. The summed E-state index contributed by atoms with van der Waals surface area (Å²) in [4.78, 5) is 1.90. The van der Waals surface area contributed by atoms with Crippen molar-refractivity contribution >= 4 is 54.3 Å². The molecule has 0 aliphatic carbocycles. The first kappa shape index (κ1) is 30.7. The van der Waals surface area contributed by atoms with Crippen LogP contribution in [0.2, 0.25) is 0 Å². The molecule has 9 heteroatoms. The number of fused-ring (bicyclic) bond motifs is 7. The summed E-state index contributed by atoms with van der Waals surface area (Å²) in [6, 6.07) is 30.9. The third kappa shape index (κ3) is 4.99. The number of hydrogen-bond donors (Lipinski definition) is 1. The summed E-state index contributed by atoms with van der Waals surface area (Å²) in [6.07, 6.45) is 4.24. The molecule has 6 aromatic rings. The standard InChI is InChI=1S/C41H34N4O4S/c1-44(2)29-15-12-27(13-16-29)42-43-28-14-18-30-25(23-28)11-17-34-38(33-8-3-4-10-37(33)50(46,47)48)35-20-19-31-32-9-6-22-45-21-5-7-26(39(32)45)24-36(31)41(35)49-40(30)34/h3-4,8,10-20,23-24H,5-7,9,21-22H2,1-2H3/p+1. The Morgan fingerprint density at radius 1 is 0.740 bits per heavy atom. The fourth-order valence-corrected chi connectivity index (χ4v) is 8.68. The molecule has 1 N–H and O–H groups in total. The molecule has 3 aliphatic heterocycles. The van der Waals surface area contributed by atoms with Gasteiger partial charge in [0.25, 0.3) is 10.1 Å². The Morgan fingerprint density at radius 2 is 1.48 bits per heavy atom. The van der Waals surface area contributed by atoms with E-state index in [2.05, 4.69) is 33.0 Å². The Hall–Kier alpha value is -5.38. The Kier molecular flexibility index (Phi) is 7.12. The van der Waals surface area contributed by atoms with Crippen LogP contribution in [0.15, 0.2) is 112 Å². The lowest BCUT2D eigenvalue weighted by Crippen LogP contribution is -2.43. The van der Waals surface area contributed by atoms with E-state index < -0.39 is 10.1 Å². The zero-order chi connectivity index (χ0) is 34.1. The van der Waals surface area contributed by atoms with Crippen LogP contribution in [-0.4, -0.2) is 40.2 Å². The minimum Gasteiger partial charge on any atom is -0.455 e. The molecule has 0 aromatic heterocycles. The smallest absolute Gasteiger partial charge is 0.295 e. The number of hydrogen-bond acceptors (Lipinski definition) is 6. The van der Waals surface area contributed by atoms with E-state index in [-0.39, 0.29) is 4.90 Å². The second-order valence-electron chi connectivity index (χ2n) is 13.5. The zero-order valence-electron chi connectivity index (χ0n) is 27.8. The highest BCUT2D eigenvalue weighted by atomic mass is 32.2. The molecule has 0 saturated carbocycles. The molecule has 0 saturated heterocycles. The lowest BCUT2D eigenvalue weighted by atomic mass is 9.87. The molecule has 0 radical (unpaired) electrons. The van der Waals surface area contributed by atoms with Crippen LogP contribution in [0, 0.1) is 0 Å². The van der Waals surface area contributed by atoms with Crippen LogP contribution in [0.25, 0.3) is 27.1 Å². The number of ether oxygens (including phenoxy) is 1. The fraction of sp³-hybridized carbons (Fsp3) is 0.195. The van der Waals surface area contributed by atoms with Gasteiger partial charge in [-0.05, 0) is 90.3 Å². The van der Waals surface area contributed by atoms with Crippen LogP contribution >= 0.6 is 0 Å². The molecule has 9 rings (SSSR count). The quantitative estimate of drug-likeness (QED) is 0.116. The topological polar surface area (TPSA) is 94.6 Å². The number of azo groups is 1. The molecular formula is C41H35N4O4S+. The highest BCUT2D eigenvalue weighted by Gasteiger charge is 2.30. The van der Waals surface area contributed by atoms with Gasteiger partial charge in [0.2, 0.25) is 5.36 Å². The normalized spacial score (nSPS) is 15.2. The number of anilines is 1. The maximum absolute atomic E-state index is 12.8. The maximum atomic E-state index is 12.8. The summed E-state index contributed by atoms with van der Waals surface area (Å²) in [5, 5.41) is 15.1. The van der Waals surface area contributed by atoms with Crippen LogP contribution in [0.1, 0.15) is 35.1 Å². The largest absolute Gasteiger partial charge is 0.455 e. The van der Waals surface area contributed by atoms with Crippen molar-refractivity contribution in [2.75, 3.05) is 32.1 Å². The van der Waals surface area contributed by atoms with Crippen molar-refractivity contribution in [1.29, 1.82) is 0 Å². The van der Waals surface area contributed by atoms with Gasteiger partial charge in [-0.3, -0.25) is 4.55 Å². The van der Waals surface area contributed by atoms with Crippen LogP contribution < -0.4 is 24.8 Å². The van der Waals surface area contributed by atoms with Crippen molar-refractivity contribution in [2.45, 2.75) is 30.6 Å². The van der Waals surface area contributed by atoms with E-state index in [0.29, 0.717) is 28.3 Å². The number of rotatable bonds is 5. The molecule has 0 unspecified atom stereocenters. The molecule has 0 fully saturated rings. The molecule has 50 heavy (non-hydrogen) atoms. The second-order valence-corrected chi connectivity index (χ2v) is 14.9. The summed E-state index contributed by atoms with van der Waals surface area (Å²) in [7, 11) is -0.529. The van der Waals surface area contributed by atoms with E-state index in [4.69, 9.17) is 4.74 Å². The fourth-order valence-electron chi connectivity index (χ4n) is 7.98. The molecule has 0 atom stereocenters. The third-order valence-electron chi connectivity index (χ3n) is 10.3. The third-order valence-corrected chi connectivity index (χ3v) is 11.2. The van der Waals surface area contributed by atoms with Gasteiger partial charge in [0.05, 0.1) is 11.4 Å². The highest BCUT2D eigenvalue weighted by molar-refractivity contribution is 7.86. The van der Waals surface area contributed by atoms with Crippen LogP contribution in [0.3, 0.4) is 0 Å². The van der Waals surface area contributed by atoms with Crippen molar-refractivity contribution in [1.82, 2.24) is 4.58 Å². The summed E-state index contributed by atoms with van der Waals surface area (Å²) in [5.74, 6) is 1.34. The van der Waals surface area contributed by atoms with Gasteiger partial charge < -0.3 is 9.64 Å². The van der Waals surface area contributed by atoms with E-state index in [9.17, 15) is 13.0 Å². The van der Waals surface area contributed by atoms with E-state index in [1.807, 2.05) is 73.6 Å². The van der Waals surface area contributed by atoms with Gasteiger partial charge in [-0.1, -0.05) is 30.3 Å². The number of benzene rings is 6. The van der Waals surface area contributed by atoms with Crippen molar-refractivity contribution < 1.29 is 17.7 Å². The van der Waals surface area contributed by atoms with Gasteiger partial charge in [0.15, 0.2) is 0 Å². The Labute approximate surface area is 290 Å². The average molecular weight is 680 g/mol. The van der Waals surface area contributed by atoms with Crippen LogP contribution in [0.5, 0.6) is 11.5 Å². The van der Waals surface area contributed by atoms with Crippen molar-refractivity contribution in [3.05, 3.63) is 130 Å². The van der Waals surface area contributed by atoms with E-state index in [1.165, 1.54) is 27.9 Å². The lowest BCUT2D eigenvalue weighted by Gasteiger charge is -2.26. The van der Waals surface area contributed by atoms with Gasteiger partial charge in [0.1, 0.15) is 29.5 Å². The van der Waals surface area contributed by atoms with E-state index in [1.54, 1.807) is 18.2 Å². The Balaban J connectivity index is 1.27. The molecule has 3 aliphatic rings. The van der Waals surface area contributed by atoms with Gasteiger partial charge in [-0.25, -0.2) is 4.58 Å². The van der Waals surface area contributed by atoms with Crippen molar-refractivity contribution in [3.8, 4) is 11.5 Å². The highest BCUT2D eigenvalue weighted by Crippen LogP contribution is 2.45. The predicted octanol–water partition coefficient (Wildman–Crippen LogP) is 7.46. The van der Waals surface area contributed by atoms with Crippen LogP contribution in [0.4, 0.5) is 17.1 Å². The molecule has 3 heterocycles. The first-order valence-corrected chi connectivity index (χ1v) is 18.4. The van der Waals surface area contributed by atoms with Gasteiger partial charge >= 0.3 is 0 Å². The molecule has 0 spiro atoms. The summed E-state index contributed by atoms with van der Waals surface area (Å²) < 4.78 is 45.4. The van der Waals surface area contributed by atoms with Crippen molar-refractivity contribution in [3.63, 3.8) is 0 Å². The lowest BCUT2D eigenvalue weighted by molar-refractivity contribution is 0.477. The maximum Gasteiger partial charge on any atom is 0.295 e. The Bertz CT molecular complexity index is 2680. The predicted molar refractivity (Wildman–Crippen MR) is 198 cm³/mol. The molecule has 8 nitrogen and oxygen atoms in total. The average Bonchev–Trinajstić information content (AvgIpc) is 3.13. The number of nitrogens with zero attached hydrogens (tertiary/aromatic N) is 4. The molecule has 0 amide bonds. The summed E-state index contributed by atoms with van der Waals surface area (Å²) in [5.41, 5.74) is 7.13.